The van der Waals surface area contributed by atoms with Gasteiger partial charge in [-0.05, 0) is 24.8 Å². The SMILES string of the molecule is CCC(=O)/C=C/C(C(=O)O)C1CCCC1. The summed E-state index contributed by atoms with van der Waals surface area (Å²) in [6, 6.07) is 0. The first-order valence-electron chi connectivity index (χ1n) is 5.59. The number of hydrogen-bond donors (Lipinski definition) is 1. The number of carbonyl (C=O) groups is 2. The summed E-state index contributed by atoms with van der Waals surface area (Å²) in [5, 5.41) is 9.06. The Bertz CT molecular complexity index is 262. The standard InChI is InChI=1S/C12H18O3/c1-2-10(13)7-8-11(12(14)15)9-5-3-4-6-9/h7-9,11H,2-6H2,1H3,(H,14,15)/b8-7+. The van der Waals surface area contributed by atoms with Crippen LogP contribution in [-0.2, 0) is 9.59 Å². The van der Waals surface area contributed by atoms with Crippen LogP contribution in [0.4, 0.5) is 0 Å². The maximum Gasteiger partial charge on any atom is 0.310 e. The summed E-state index contributed by atoms with van der Waals surface area (Å²) in [5.74, 6) is -1.05. The lowest BCUT2D eigenvalue weighted by Crippen LogP contribution is -2.19. The van der Waals surface area contributed by atoms with Gasteiger partial charge in [-0.2, -0.15) is 0 Å². The van der Waals surface area contributed by atoms with Gasteiger partial charge in [0.15, 0.2) is 5.78 Å². The molecule has 0 aromatic heterocycles. The largest absolute Gasteiger partial charge is 0.481 e. The average molecular weight is 210 g/mol. The topological polar surface area (TPSA) is 54.4 Å². The zero-order chi connectivity index (χ0) is 11.3. The van der Waals surface area contributed by atoms with Crippen LogP contribution in [0, 0.1) is 11.8 Å². The number of aliphatic carboxylic acids is 1. The highest BCUT2D eigenvalue weighted by Crippen LogP contribution is 2.32. The minimum atomic E-state index is -0.804. The highest BCUT2D eigenvalue weighted by molar-refractivity contribution is 5.90. The Balaban J connectivity index is 2.61. The van der Waals surface area contributed by atoms with Crippen LogP contribution in [0.2, 0.25) is 0 Å². The van der Waals surface area contributed by atoms with Crippen molar-refractivity contribution in [3.63, 3.8) is 0 Å². The highest BCUT2D eigenvalue weighted by atomic mass is 16.4. The number of hydrogen-bond acceptors (Lipinski definition) is 2. The number of carboxylic acid groups (broad SMARTS) is 1. The quantitative estimate of drug-likeness (QED) is 0.709. The van der Waals surface area contributed by atoms with Crippen molar-refractivity contribution in [2.45, 2.75) is 39.0 Å². The fourth-order valence-electron chi connectivity index (χ4n) is 2.09. The van der Waals surface area contributed by atoms with Crippen molar-refractivity contribution in [2.24, 2.45) is 11.8 Å². The number of allylic oxidation sites excluding steroid dienone is 1. The van der Waals surface area contributed by atoms with E-state index in [1.54, 1.807) is 13.0 Å². The number of carboxylic acids is 1. The molecular weight excluding hydrogens is 192 g/mol. The summed E-state index contributed by atoms with van der Waals surface area (Å²) in [6.07, 6.45) is 7.62. The van der Waals surface area contributed by atoms with Crippen LogP contribution in [0.3, 0.4) is 0 Å². The molecule has 0 aromatic carbocycles. The molecule has 15 heavy (non-hydrogen) atoms. The predicted octanol–water partition coefficient (Wildman–Crippen LogP) is 2.41. The molecule has 1 N–H and O–H groups in total. The van der Waals surface area contributed by atoms with E-state index in [0.29, 0.717) is 6.42 Å². The highest BCUT2D eigenvalue weighted by Gasteiger charge is 2.28. The van der Waals surface area contributed by atoms with Gasteiger partial charge in [0.25, 0.3) is 0 Å². The van der Waals surface area contributed by atoms with Crippen molar-refractivity contribution < 1.29 is 14.7 Å². The molecule has 0 heterocycles. The third-order valence-electron chi connectivity index (χ3n) is 3.03. The van der Waals surface area contributed by atoms with E-state index >= 15 is 0 Å². The van der Waals surface area contributed by atoms with E-state index in [0.717, 1.165) is 25.7 Å². The first-order valence-corrected chi connectivity index (χ1v) is 5.59. The van der Waals surface area contributed by atoms with Gasteiger partial charge < -0.3 is 5.11 Å². The minimum absolute atomic E-state index is 0.000697. The Morgan fingerprint density at radius 3 is 2.47 bits per heavy atom. The molecule has 1 aliphatic rings. The van der Waals surface area contributed by atoms with E-state index in [1.165, 1.54) is 6.08 Å². The van der Waals surface area contributed by atoms with E-state index in [2.05, 4.69) is 0 Å². The fraction of sp³-hybridized carbons (Fsp3) is 0.667. The number of rotatable bonds is 5. The van der Waals surface area contributed by atoms with Gasteiger partial charge in [-0.25, -0.2) is 0 Å². The molecule has 0 aliphatic heterocycles. The molecule has 0 saturated heterocycles. The average Bonchev–Trinajstić information content (AvgIpc) is 2.70. The molecule has 1 aliphatic carbocycles. The third kappa shape index (κ3) is 3.50. The fourth-order valence-corrected chi connectivity index (χ4v) is 2.09. The second-order valence-corrected chi connectivity index (χ2v) is 4.09. The molecule has 84 valence electrons. The lowest BCUT2D eigenvalue weighted by Gasteiger charge is -2.14. The van der Waals surface area contributed by atoms with Crippen LogP contribution >= 0.6 is 0 Å². The second-order valence-electron chi connectivity index (χ2n) is 4.09. The van der Waals surface area contributed by atoms with Gasteiger partial charge in [0.2, 0.25) is 0 Å². The van der Waals surface area contributed by atoms with Crippen LogP contribution in [0.1, 0.15) is 39.0 Å². The number of carbonyl (C=O) groups excluding carboxylic acids is 1. The van der Waals surface area contributed by atoms with Crippen molar-refractivity contribution in [3.8, 4) is 0 Å². The van der Waals surface area contributed by atoms with Crippen molar-refractivity contribution in [1.82, 2.24) is 0 Å². The molecule has 0 aromatic rings. The Morgan fingerprint density at radius 2 is 2.00 bits per heavy atom. The van der Waals surface area contributed by atoms with Crippen LogP contribution in [0.15, 0.2) is 12.2 Å². The summed E-state index contributed by atoms with van der Waals surface area (Å²) >= 11 is 0. The van der Waals surface area contributed by atoms with E-state index in [-0.39, 0.29) is 11.7 Å². The van der Waals surface area contributed by atoms with Gasteiger partial charge in [0, 0.05) is 6.42 Å². The van der Waals surface area contributed by atoms with E-state index in [4.69, 9.17) is 5.11 Å². The van der Waals surface area contributed by atoms with Crippen molar-refractivity contribution in [3.05, 3.63) is 12.2 Å². The van der Waals surface area contributed by atoms with E-state index < -0.39 is 11.9 Å². The van der Waals surface area contributed by atoms with Gasteiger partial charge in [-0.1, -0.05) is 25.8 Å². The first-order chi connectivity index (χ1) is 7.15. The molecule has 0 bridgehead atoms. The lowest BCUT2D eigenvalue weighted by molar-refractivity contribution is -0.141. The lowest BCUT2D eigenvalue weighted by atomic mass is 9.90. The smallest absolute Gasteiger partial charge is 0.310 e. The molecule has 1 rings (SSSR count). The predicted molar refractivity (Wildman–Crippen MR) is 57.5 cm³/mol. The van der Waals surface area contributed by atoms with Crippen molar-refractivity contribution >= 4 is 11.8 Å². The summed E-state index contributed by atoms with van der Waals surface area (Å²) in [6.45, 7) is 1.78. The normalized spacial score (nSPS) is 19.5. The molecule has 1 unspecified atom stereocenters. The Kier molecular flexibility index (Phi) is 4.53. The zero-order valence-electron chi connectivity index (χ0n) is 9.11. The molecule has 0 radical (unpaired) electrons. The maximum absolute atomic E-state index is 11.1. The molecule has 3 heteroatoms. The Morgan fingerprint density at radius 1 is 1.40 bits per heavy atom. The Hall–Kier alpha value is -1.12. The van der Waals surface area contributed by atoms with Crippen LogP contribution in [0.25, 0.3) is 0 Å². The van der Waals surface area contributed by atoms with Crippen LogP contribution in [-0.4, -0.2) is 16.9 Å². The first kappa shape index (κ1) is 12.0. The molecule has 3 nitrogen and oxygen atoms in total. The molecule has 1 fully saturated rings. The van der Waals surface area contributed by atoms with Gasteiger partial charge in [-0.3, -0.25) is 9.59 Å². The molecule has 1 saturated carbocycles. The van der Waals surface area contributed by atoms with Gasteiger partial charge in [0.05, 0.1) is 5.92 Å². The molecule has 1 atom stereocenters. The summed E-state index contributed by atoms with van der Waals surface area (Å²) in [7, 11) is 0. The summed E-state index contributed by atoms with van der Waals surface area (Å²) in [5.41, 5.74) is 0. The number of ketones is 1. The van der Waals surface area contributed by atoms with Gasteiger partial charge in [-0.15, -0.1) is 0 Å². The zero-order valence-corrected chi connectivity index (χ0v) is 9.11. The van der Waals surface area contributed by atoms with Gasteiger partial charge >= 0.3 is 5.97 Å². The summed E-state index contributed by atoms with van der Waals surface area (Å²) < 4.78 is 0. The van der Waals surface area contributed by atoms with Crippen LogP contribution in [0.5, 0.6) is 0 Å². The third-order valence-corrected chi connectivity index (χ3v) is 3.03. The Labute approximate surface area is 90.2 Å². The maximum atomic E-state index is 11.1. The summed E-state index contributed by atoms with van der Waals surface area (Å²) in [4.78, 5) is 22.1. The molecule has 0 spiro atoms. The monoisotopic (exact) mass is 210 g/mol. The van der Waals surface area contributed by atoms with Gasteiger partial charge in [0.1, 0.15) is 0 Å². The van der Waals surface area contributed by atoms with E-state index in [9.17, 15) is 9.59 Å². The van der Waals surface area contributed by atoms with Crippen molar-refractivity contribution in [2.75, 3.05) is 0 Å². The molecular formula is C12H18O3. The van der Waals surface area contributed by atoms with E-state index in [1.807, 2.05) is 0 Å². The minimum Gasteiger partial charge on any atom is -0.481 e. The molecule has 0 amide bonds. The van der Waals surface area contributed by atoms with Crippen LogP contribution < -0.4 is 0 Å². The second kappa shape index (κ2) is 5.69. The van der Waals surface area contributed by atoms with Crippen molar-refractivity contribution in [1.29, 1.82) is 0 Å².